The fraction of sp³-hybridized carbons (Fsp3) is 0.455. The van der Waals surface area contributed by atoms with E-state index in [1.165, 1.54) is 24.0 Å². The van der Waals surface area contributed by atoms with E-state index in [9.17, 15) is 0 Å². The van der Waals surface area contributed by atoms with Gasteiger partial charge in [-0.1, -0.05) is 25.5 Å². The van der Waals surface area contributed by atoms with Crippen LogP contribution in [0.2, 0.25) is 0 Å². The molecule has 0 spiro atoms. The first-order valence-corrected chi connectivity index (χ1v) is 4.65. The van der Waals surface area contributed by atoms with Crippen LogP contribution in [-0.4, -0.2) is 6.61 Å². The molecule has 1 aliphatic rings. The van der Waals surface area contributed by atoms with Crippen LogP contribution in [0.15, 0.2) is 18.2 Å². The van der Waals surface area contributed by atoms with Crippen molar-refractivity contribution < 1.29 is 4.74 Å². The molecular weight excluding hydrogens is 148 g/mol. The molecule has 1 aromatic rings. The van der Waals surface area contributed by atoms with Crippen molar-refractivity contribution in [3.63, 3.8) is 0 Å². The number of rotatable bonds is 2. The van der Waals surface area contributed by atoms with Crippen LogP contribution in [0.3, 0.4) is 0 Å². The Morgan fingerprint density at radius 2 is 2.33 bits per heavy atom. The molecule has 0 aliphatic carbocycles. The molecule has 2 rings (SSSR count). The Morgan fingerprint density at radius 1 is 1.42 bits per heavy atom. The van der Waals surface area contributed by atoms with Crippen molar-refractivity contribution in [2.24, 2.45) is 0 Å². The minimum atomic E-state index is 0.871. The van der Waals surface area contributed by atoms with Crippen LogP contribution in [0, 0.1) is 0 Å². The summed E-state index contributed by atoms with van der Waals surface area (Å²) in [7, 11) is 0. The van der Waals surface area contributed by atoms with Gasteiger partial charge in [-0.2, -0.15) is 0 Å². The van der Waals surface area contributed by atoms with Gasteiger partial charge in [0.1, 0.15) is 5.75 Å². The van der Waals surface area contributed by atoms with Crippen molar-refractivity contribution in [2.45, 2.75) is 26.2 Å². The van der Waals surface area contributed by atoms with Crippen LogP contribution < -0.4 is 4.74 Å². The van der Waals surface area contributed by atoms with Gasteiger partial charge >= 0.3 is 0 Å². The molecule has 0 unspecified atom stereocenters. The lowest BCUT2D eigenvalue weighted by Crippen LogP contribution is -1.90. The lowest BCUT2D eigenvalue weighted by molar-refractivity contribution is 0.357. The van der Waals surface area contributed by atoms with Gasteiger partial charge in [0.15, 0.2) is 0 Å². The Hall–Kier alpha value is -0.980. The Balaban J connectivity index is 2.36. The molecule has 0 atom stereocenters. The van der Waals surface area contributed by atoms with E-state index in [0.29, 0.717) is 0 Å². The van der Waals surface area contributed by atoms with Gasteiger partial charge < -0.3 is 4.74 Å². The molecule has 0 N–H and O–H groups in total. The first-order chi connectivity index (χ1) is 5.92. The smallest absolute Gasteiger partial charge is 0.122 e. The van der Waals surface area contributed by atoms with Crippen molar-refractivity contribution >= 4 is 0 Å². The van der Waals surface area contributed by atoms with E-state index in [-0.39, 0.29) is 0 Å². The highest BCUT2D eigenvalue weighted by molar-refractivity contribution is 5.42. The van der Waals surface area contributed by atoms with Gasteiger partial charge in [-0.3, -0.25) is 0 Å². The van der Waals surface area contributed by atoms with E-state index in [4.69, 9.17) is 4.74 Å². The molecule has 1 heterocycles. The summed E-state index contributed by atoms with van der Waals surface area (Å²) in [6.45, 7) is 3.09. The zero-order chi connectivity index (χ0) is 8.39. The number of benzene rings is 1. The number of aryl methyl sites for hydroxylation is 1. The summed E-state index contributed by atoms with van der Waals surface area (Å²) in [5.74, 6) is 1.11. The van der Waals surface area contributed by atoms with Crippen molar-refractivity contribution in [1.82, 2.24) is 0 Å². The van der Waals surface area contributed by atoms with E-state index in [0.717, 1.165) is 18.8 Å². The average molecular weight is 162 g/mol. The lowest BCUT2D eigenvalue weighted by atomic mass is 10.0. The van der Waals surface area contributed by atoms with E-state index in [1.807, 2.05) is 0 Å². The molecule has 0 saturated heterocycles. The maximum Gasteiger partial charge on any atom is 0.122 e. The lowest BCUT2D eigenvalue weighted by Gasteiger charge is -2.04. The third kappa shape index (κ3) is 1.20. The molecule has 12 heavy (non-hydrogen) atoms. The SMILES string of the molecule is CCCc1cccc2c1CCO2. The van der Waals surface area contributed by atoms with Crippen LogP contribution in [0.4, 0.5) is 0 Å². The Labute approximate surface area is 73.4 Å². The number of fused-ring (bicyclic) bond motifs is 1. The first-order valence-electron chi connectivity index (χ1n) is 4.65. The van der Waals surface area contributed by atoms with Gasteiger partial charge in [0, 0.05) is 12.0 Å². The molecule has 0 aromatic heterocycles. The maximum atomic E-state index is 5.49. The molecule has 1 aliphatic heterocycles. The zero-order valence-electron chi connectivity index (χ0n) is 7.47. The van der Waals surface area contributed by atoms with Crippen LogP contribution in [-0.2, 0) is 12.8 Å². The molecular formula is C11H14O. The van der Waals surface area contributed by atoms with Gasteiger partial charge in [-0.05, 0) is 18.1 Å². The highest BCUT2D eigenvalue weighted by atomic mass is 16.5. The molecule has 0 radical (unpaired) electrons. The van der Waals surface area contributed by atoms with E-state index < -0.39 is 0 Å². The quantitative estimate of drug-likeness (QED) is 0.649. The summed E-state index contributed by atoms with van der Waals surface area (Å²) < 4.78 is 5.49. The molecule has 1 heteroatoms. The Kier molecular flexibility index (Phi) is 2.03. The summed E-state index contributed by atoms with van der Waals surface area (Å²) in [6.07, 6.45) is 3.51. The van der Waals surface area contributed by atoms with Crippen LogP contribution in [0.5, 0.6) is 5.75 Å². The van der Waals surface area contributed by atoms with Gasteiger partial charge in [0.05, 0.1) is 6.61 Å². The molecule has 1 aromatic carbocycles. The largest absolute Gasteiger partial charge is 0.493 e. The third-order valence-electron chi connectivity index (χ3n) is 2.36. The number of hydrogen-bond donors (Lipinski definition) is 0. The Morgan fingerprint density at radius 3 is 3.17 bits per heavy atom. The fourth-order valence-corrected chi connectivity index (χ4v) is 1.80. The second-order valence-corrected chi connectivity index (χ2v) is 3.24. The summed E-state index contributed by atoms with van der Waals surface area (Å²) in [6, 6.07) is 6.38. The first kappa shape index (κ1) is 7.66. The van der Waals surface area contributed by atoms with Crippen LogP contribution >= 0.6 is 0 Å². The highest BCUT2D eigenvalue weighted by Gasteiger charge is 2.14. The summed E-state index contributed by atoms with van der Waals surface area (Å²) in [4.78, 5) is 0. The number of hydrogen-bond acceptors (Lipinski definition) is 1. The predicted octanol–water partition coefficient (Wildman–Crippen LogP) is 2.57. The van der Waals surface area contributed by atoms with Crippen molar-refractivity contribution in [3.05, 3.63) is 29.3 Å². The predicted molar refractivity (Wildman–Crippen MR) is 49.6 cm³/mol. The van der Waals surface area contributed by atoms with Crippen LogP contribution in [0.25, 0.3) is 0 Å². The molecule has 0 bridgehead atoms. The second-order valence-electron chi connectivity index (χ2n) is 3.24. The highest BCUT2D eigenvalue weighted by Crippen LogP contribution is 2.28. The van der Waals surface area contributed by atoms with E-state index >= 15 is 0 Å². The van der Waals surface area contributed by atoms with Crippen molar-refractivity contribution in [3.8, 4) is 5.75 Å². The van der Waals surface area contributed by atoms with Gasteiger partial charge in [0.2, 0.25) is 0 Å². The molecule has 0 amide bonds. The molecule has 1 nitrogen and oxygen atoms in total. The minimum absolute atomic E-state index is 0.871. The monoisotopic (exact) mass is 162 g/mol. The molecule has 0 saturated carbocycles. The Bertz CT molecular complexity index is 278. The molecule has 0 fully saturated rings. The van der Waals surface area contributed by atoms with Gasteiger partial charge in [0.25, 0.3) is 0 Å². The molecule has 64 valence electrons. The van der Waals surface area contributed by atoms with Crippen molar-refractivity contribution in [1.29, 1.82) is 0 Å². The van der Waals surface area contributed by atoms with Gasteiger partial charge in [-0.15, -0.1) is 0 Å². The van der Waals surface area contributed by atoms with Gasteiger partial charge in [-0.25, -0.2) is 0 Å². The summed E-state index contributed by atoms with van der Waals surface area (Å²) >= 11 is 0. The summed E-state index contributed by atoms with van der Waals surface area (Å²) in [5.41, 5.74) is 2.92. The van der Waals surface area contributed by atoms with Crippen molar-refractivity contribution in [2.75, 3.05) is 6.61 Å². The van der Waals surface area contributed by atoms with E-state index in [2.05, 4.69) is 25.1 Å². The average Bonchev–Trinajstić information content (AvgIpc) is 2.53. The topological polar surface area (TPSA) is 9.23 Å². The number of ether oxygens (including phenoxy) is 1. The maximum absolute atomic E-state index is 5.49. The van der Waals surface area contributed by atoms with Crippen LogP contribution in [0.1, 0.15) is 24.5 Å². The normalized spacial score (nSPS) is 14.1. The zero-order valence-corrected chi connectivity index (χ0v) is 7.47. The standard InChI is InChI=1S/C11H14O/c1-2-4-9-5-3-6-11-10(9)7-8-12-11/h3,5-6H,2,4,7-8H2,1H3. The fourth-order valence-electron chi connectivity index (χ4n) is 1.80. The minimum Gasteiger partial charge on any atom is -0.493 e. The summed E-state index contributed by atoms with van der Waals surface area (Å²) in [5, 5.41) is 0. The third-order valence-corrected chi connectivity index (χ3v) is 2.36. The second kappa shape index (κ2) is 3.18. The van der Waals surface area contributed by atoms with E-state index in [1.54, 1.807) is 0 Å².